The fraction of sp³-hybridized carbons (Fsp3) is 0.941. The van der Waals surface area contributed by atoms with Crippen molar-refractivity contribution in [3.63, 3.8) is 0 Å². The van der Waals surface area contributed by atoms with Gasteiger partial charge in [0.1, 0.15) is 0 Å². The number of hydrogen-bond donors (Lipinski definition) is 0. The van der Waals surface area contributed by atoms with Gasteiger partial charge in [0.2, 0.25) is 0 Å². The van der Waals surface area contributed by atoms with Crippen LogP contribution in [0.3, 0.4) is 0 Å². The quantitative estimate of drug-likeness (QED) is 0.716. The van der Waals surface area contributed by atoms with Crippen LogP contribution >= 0.6 is 0 Å². The predicted molar refractivity (Wildman–Crippen MR) is 85.5 cm³/mol. The van der Waals surface area contributed by atoms with Crippen LogP contribution in [0, 0.1) is 23.2 Å². The van der Waals surface area contributed by atoms with Gasteiger partial charge in [-0.25, -0.2) is 0 Å². The summed E-state index contributed by atoms with van der Waals surface area (Å²) in [5.74, 6) is 1.06. The Morgan fingerprint density at radius 1 is 1.25 bits per heavy atom. The number of likely N-dealkylation sites (N-methyl/N-ethyl adjacent to an activating group) is 2. The van der Waals surface area contributed by atoms with Crippen LogP contribution in [-0.4, -0.2) is 49.1 Å². The van der Waals surface area contributed by atoms with Crippen molar-refractivity contribution >= 4 is 0 Å². The van der Waals surface area contributed by atoms with Crippen LogP contribution in [0.25, 0.3) is 0 Å². The van der Waals surface area contributed by atoms with Crippen molar-refractivity contribution in [1.82, 2.24) is 9.80 Å². The Hall–Kier alpha value is -0.590. The van der Waals surface area contributed by atoms with Crippen molar-refractivity contribution in [1.29, 1.82) is 5.26 Å². The van der Waals surface area contributed by atoms with Crippen LogP contribution in [-0.2, 0) is 0 Å². The van der Waals surface area contributed by atoms with Crippen molar-refractivity contribution in [3.05, 3.63) is 0 Å². The summed E-state index contributed by atoms with van der Waals surface area (Å²) in [6.07, 6.45) is 6.17. The van der Waals surface area contributed by atoms with Gasteiger partial charge in [-0.1, -0.05) is 26.7 Å². The second-order valence-corrected chi connectivity index (χ2v) is 6.71. The minimum Gasteiger partial charge on any atom is -0.308 e. The molecule has 0 spiro atoms. The molecule has 4 unspecified atom stereocenters. The van der Waals surface area contributed by atoms with E-state index in [4.69, 9.17) is 0 Å². The summed E-state index contributed by atoms with van der Waals surface area (Å²) in [6.45, 7) is 8.95. The van der Waals surface area contributed by atoms with Crippen LogP contribution in [0.15, 0.2) is 0 Å². The molecule has 3 heteroatoms. The minimum atomic E-state index is 0.229. The SMILES string of the molecule is CCCC1CCC(C#N)C(N(CC)C(C)CN(C)C)C1. The second kappa shape index (κ2) is 8.64. The number of rotatable bonds is 7. The fourth-order valence-electron chi connectivity index (χ4n) is 3.93. The summed E-state index contributed by atoms with van der Waals surface area (Å²) in [7, 11) is 4.26. The molecule has 3 nitrogen and oxygen atoms in total. The zero-order chi connectivity index (χ0) is 15.1. The Balaban J connectivity index is 2.76. The average Bonchev–Trinajstić information content (AvgIpc) is 2.39. The van der Waals surface area contributed by atoms with E-state index in [2.05, 4.69) is 50.7 Å². The summed E-state index contributed by atoms with van der Waals surface area (Å²) in [4.78, 5) is 4.83. The van der Waals surface area contributed by atoms with E-state index in [1.807, 2.05) is 0 Å². The van der Waals surface area contributed by atoms with Gasteiger partial charge in [0.25, 0.3) is 0 Å². The monoisotopic (exact) mass is 279 g/mol. The molecule has 1 aliphatic carbocycles. The van der Waals surface area contributed by atoms with E-state index in [0.29, 0.717) is 12.1 Å². The first-order chi connectivity index (χ1) is 9.53. The third-order valence-corrected chi connectivity index (χ3v) is 4.77. The minimum absolute atomic E-state index is 0.229. The van der Waals surface area contributed by atoms with E-state index >= 15 is 0 Å². The maximum absolute atomic E-state index is 9.50. The molecule has 0 aromatic heterocycles. The van der Waals surface area contributed by atoms with Crippen molar-refractivity contribution in [2.45, 2.75) is 65.0 Å². The topological polar surface area (TPSA) is 30.3 Å². The lowest BCUT2D eigenvalue weighted by Crippen LogP contribution is -2.51. The highest BCUT2D eigenvalue weighted by Gasteiger charge is 2.35. The molecule has 1 fully saturated rings. The van der Waals surface area contributed by atoms with Crippen molar-refractivity contribution in [2.75, 3.05) is 27.2 Å². The Labute approximate surface area is 125 Å². The summed E-state index contributed by atoms with van der Waals surface area (Å²) in [6, 6.07) is 3.57. The highest BCUT2D eigenvalue weighted by atomic mass is 15.2. The van der Waals surface area contributed by atoms with E-state index in [1.54, 1.807) is 0 Å². The van der Waals surface area contributed by atoms with Crippen molar-refractivity contribution < 1.29 is 0 Å². The summed E-state index contributed by atoms with van der Waals surface area (Å²) >= 11 is 0. The zero-order valence-corrected chi connectivity index (χ0v) is 14.1. The molecule has 1 aliphatic rings. The van der Waals surface area contributed by atoms with Gasteiger partial charge in [-0.15, -0.1) is 0 Å². The molecule has 4 atom stereocenters. The molecular formula is C17H33N3. The molecule has 0 radical (unpaired) electrons. The zero-order valence-electron chi connectivity index (χ0n) is 14.1. The normalized spacial score (nSPS) is 28.6. The largest absolute Gasteiger partial charge is 0.308 e. The van der Waals surface area contributed by atoms with E-state index in [9.17, 15) is 5.26 Å². The third kappa shape index (κ3) is 4.75. The molecule has 0 aliphatic heterocycles. The summed E-state index contributed by atoms with van der Waals surface area (Å²) in [5, 5.41) is 9.50. The lowest BCUT2D eigenvalue weighted by Gasteiger charge is -2.43. The van der Waals surface area contributed by atoms with E-state index in [1.165, 1.54) is 25.7 Å². The number of hydrogen-bond acceptors (Lipinski definition) is 3. The smallest absolute Gasteiger partial charge is 0.0672 e. The molecule has 0 amide bonds. The molecule has 0 N–H and O–H groups in total. The molecule has 20 heavy (non-hydrogen) atoms. The fourth-order valence-corrected chi connectivity index (χ4v) is 3.93. The molecule has 116 valence electrons. The first-order valence-electron chi connectivity index (χ1n) is 8.33. The molecule has 1 rings (SSSR count). The van der Waals surface area contributed by atoms with E-state index in [0.717, 1.165) is 25.4 Å². The Bertz CT molecular complexity index is 308. The first kappa shape index (κ1) is 17.5. The van der Waals surface area contributed by atoms with E-state index in [-0.39, 0.29) is 5.92 Å². The van der Waals surface area contributed by atoms with E-state index < -0.39 is 0 Å². The van der Waals surface area contributed by atoms with Crippen LogP contribution in [0.4, 0.5) is 0 Å². The van der Waals surface area contributed by atoms with Gasteiger partial charge in [0, 0.05) is 18.6 Å². The van der Waals surface area contributed by atoms with Gasteiger partial charge in [0.05, 0.1) is 12.0 Å². The lowest BCUT2D eigenvalue weighted by molar-refractivity contribution is 0.0604. The summed E-state index contributed by atoms with van der Waals surface area (Å²) in [5.41, 5.74) is 0. The Kier molecular flexibility index (Phi) is 7.55. The van der Waals surface area contributed by atoms with Gasteiger partial charge in [-0.2, -0.15) is 5.26 Å². The van der Waals surface area contributed by atoms with Gasteiger partial charge in [-0.3, -0.25) is 4.90 Å². The van der Waals surface area contributed by atoms with Crippen LogP contribution < -0.4 is 0 Å². The Morgan fingerprint density at radius 3 is 2.45 bits per heavy atom. The molecular weight excluding hydrogens is 246 g/mol. The van der Waals surface area contributed by atoms with Crippen molar-refractivity contribution in [3.8, 4) is 6.07 Å². The highest BCUT2D eigenvalue weighted by molar-refractivity contribution is 4.98. The lowest BCUT2D eigenvalue weighted by atomic mass is 9.76. The standard InChI is InChI=1S/C17H33N3/c1-6-8-15-9-10-16(12-18)17(11-15)20(7-2)14(3)13-19(4)5/h14-17H,6-11,13H2,1-5H3. The van der Waals surface area contributed by atoms with Crippen LogP contribution in [0.1, 0.15) is 52.9 Å². The molecule has 0 aromatic carbocycles. The number of nitrogens with zero attached hydrogens (tertiary/aromatic N) is 3. The number of nitriles is 1. The third-order valence-electron chi connectivity index (χ3n) is 4.77. The van der Waals surface area contributed by atoms with Crippen LogP contribution in [0.5, 0.6) is 0 Å². The highest BCUT2D eigenvalue weighted by Crippen LogP contribution is 2.35. The predicted octanol–water partition coefficient (Wildman–Crippen LogP) is 3.37. The second-order valence-electron chi connectivity index (χ2n) is 6.71. The molecule has 1 saturated carbocycles. The molecule has 0 saturated heterocycles. The van der Waals surface area contributed by atoms with Gasteiger partial charge in [0.15, 0.2) is 0 Å². The first-order valence-corrected chi connectivity index (χ1v) is 8.33. The van der Waals surface area contributed by atoms with Gasteiger partial charge >= 0.3 is 0 Å². The molecule has 0 heterocycles. The van der Waals surface area contributed by atoms with Crippen molar-refractivity contribution in [2.24, 2.45) is 11.8 Å². The Morgan fingerprint density at radius 2 is 1.95 bits per heavy atom. The molecule has 0 bridgehead atoms. The van der Waals surface area contributed by atoms with Gasteiger partial charge < -0.3 is 4.90 Å². The average molecular weight is 279 g/mol. The maximum Gasteiger partial charge on any atom is 0.0672 e. The van der Waals surface area contributed by atoms with Crippen LogP contribution in [0.2, 0.25) is 0 Å². The van der Waals surface area contributed by atoms with Gasteiger partial charge in [-0.05, 0) is 52.7 Å². The maximum atomic E-state index is 9.50. The summed E-state index contributed by atoms with van der Waals surface area (Å²) < 4.78 is 0. The molecule has 0 aromatic rings.